The molecule has 1 aromatic carbocycles. The number of nitrogens with zero attached hydrogens (tertiary/aromatic N) is 2. The maximum absolute atomic E-state index is 6.37. The Bertz CT molecular complexity index is 530. The number of aromatic nitrogens is 2. The second-order valence-electron chi connectivity index (χ2n) is 4.13. The lowest BCUT2D eigenvalue weighted by molar-refractivity contribution is 0.397. The molecule has 1 atom stereocenters. The average Bonchev–Trinajstić information content (AvgIpc) is 2.89. The topological polar surface area (TPSA) is 62.3 Å². The quantitative estimate of drug-likeness (QED) is 0.893. The lowest BCUT2D eigenvalue weighted by Gasteiger charge is -2.18. The molecule has 0 saturated heterocycles. The Morgan fingerprint density at radius 2 is 1.89 bits per heavy atom. The van der Waals surface area contributed by atoms with Gasteiger partial charge in [-0.15, -0.1) is 0 Å². The lowest BCUT2D eigenvalue weighted by Crippen LogP contribution is -2.18. The Balaban J connectivity index is 2.49. The summed E-state index contributed by atoms with van der Waals surface area (Å²) >= 11 is 0. The third-order valence-electron chi connectivity index (χ3n) is 3.13. The van der Waals surface area contributed by atoms with Gasteiger partial charge in [-0.25, -0.2) is 0 Å². The first-order chi connectivity index (χ1) is 9.22. The van der Waals surface area contributed by atoms with Gasteiger partial charge in [0.1, 0.15) is 11.4 Å². The predicted octanol–water partition coefficient (Wildman–Crippen LogP) is 1.97. The highest BCUT2D eigenvalue weighted by atomic mass is 16.5. The first-order valence-electron chi connectivity index (χ1n) is 6.21. The minimum atomic E-state index is -0.339. The molecule has 0 aliphatic heterocycles. The summed E-state index contributed by atoms with van der Waals surface area (Å²) in [5, 5.41) is 4.28. The summed E-state index contributed by atoms with van der Waals surface area (Å²) in [5.74, 6) is 1.46. The van der Waals surface area contributed by atoms with Gasteiger partial charge in [0.05, 0.1) is 26.5 Å². The van der Waals surface area contributed by atoms with E-state index in [1.165, 1.54) is 0 Å². The molecule has 5 nitrogen and oxygen atoms in total. The first kappa shape index (κ1) is 13.4. The SMILES string of the molecule is CCn1ncc(OC)c1C(N)c1ccccc1OC. The van der Waals surface area contributed by atoms with Crippen LogP contribution in [-0.2, 0) is 6.54 Å². The fourth-order valence-corrected chi connectivity index (χ4v) is 2.17. The van der Waals surface area contributed by atoms with Crippen molar-refractivity contribution in [2.24, 2.45) is 5.73 Å². The smallest absolute Gasteiger partial charge is 0.161 e. The molecule has 0 aliphatic carbocycles. The van der Waals surface area contributed by atoms with Crippen molar-refractivity contribution in [3.05, 3.63) is 41.7 Å². The second-order valence-corrected chi connectivity index (χ2v) is 4.13. The number of ether oxygens (including phenoxy) is 2. The van der Waals surface area contributed by atoms with Crippen LogP contribution < -0.4 is 15.2 Å². The van der Waals surface area contributed by atoms with E-state index in [1.807, 2.05) is 35.9 Å². The zero-order valence-electron chi connectivity index (χ0n) is 11.5. The molecule has 0 amide bonds. The van der Waals surface area contributed by atoms with Crippen molar-refractivity contribution in [3.8, 4) is 11.5 Å². The molecule has 1 unspecified atom stereocenters. The highest BCUT2D eigenvalue weighted by Crippen LogP contribution is 2.32. The van der Waals surface area contributed by atoms with Crippen LogP contribution in [0.15, 0.2) is 30.5 Å². The zero-order chi connectivity index (χ0) is 13.8. The van der Waals surface area contributed by atoms with Crippen LogP contribution in [0, 0.1) is 0 Å². The summed E-state index contributed by atoms with van der Waals surface area (Å²) in [5.41, 5.74) is 8.14. The van der Waals surface area contributed by atoms with Gasteiger partial charge in [-0.3, -0.25) is 4.68 Å². The molecule has 2 N–H and O–H groups in total. The molecule has 0 aliphatic rings. The van der Waals surface area contributed by atoms with Crippen molar-refractivity contribution >= 4 is 0 Å². The number of para-hydroxylation sites is 1. The lowest BCUT2D eigenvalue weighted by atomic mass is 10.0. The maximum atomic E-state index is 6.37. The second kappa shape index (κ2) is 5.75. The van der Waals surface area contributed by atoms with E-state index in [2.05, 4.69) is 5.10 Å². The highest BCUT2D eigenvalue weighted by Gasteiger charge is 2.22. The number of rotatable bonds is 5. The molecule has 102 valence electrons. The monoisotopic (exact) mass is 261 g/mol. The number of methoxy groups -OCH3 is 2. The summed E-state index contributed by atoms with van der Waals surface area (Å²) in [7, 11) is 3.26. The van der Waals surface area contributed by atoms with Gasteiger partial charge in [-0.05, 0) is 13.0 Å². The van der Waals surface area contributed by atoms with Gasteiger partial charge in [0.2, 0.25) is 0 Å². The number of aryl methyl sites for hydroxylation is 1. The van der Waals surface area contributed by atoms with Gasteiger partial charge in [0, 0.05) is 12.1 Å². The number of hydrogen-bond acceptors (Lipinski definition) is 4. The fourth-order valence-electron chi connectivity index (χ4n) is 2.17. The molecule has 2 aromatic rings. The molecule has 0 fully saturated rings. The standard InChI is InChI=1S/C14H19N3O2/c1-4-17-14(12(19-3)9-16-17)13(15)10-7-5-6-8-11(10)18-2/h5-9,13H,4,15H2,1-3H3. The van der Waals surface area contributed by atoms with E-state index in [1.54, 1.807) is 20.4 Å². The minimum Gasteiger partial charge on any atom is -0.496 e. The highest BCUT2D eigenvalue weighted by molar-refractivity contribution is 5.43. The minimum absolute atomic E-state index is 0.339. The van der Waals surface area contributed by atoms with Crippen LogP contribution in [0.4, 0.5) is 0 Å². The van der Waals surface area contributed by atoms with E-state index in [-0.39, 0.29) is 6.04 Å². The van der Waals surface area contributed by atoms with Crippen LogP contribution in [0.25, 0.3) is 0 Å². The van der Waals surface area contributed by atoms with Gasteiger partial charge < -0.3 is 15.2 Å². The van der Waals surface area contributed by atoms with Crippen molar-refractivity contribution in [2.45, 2.75) is 19.5 Å². The molecular weight excluding hydrogens is 242 g/mol. The summed E-state index contributed by atoms with van der Waals surface area (Å²) < 4.78 is 12.5. The largest absolute Gasteiger partial charge is 0.496 e. The molecular formula is C14H19N3O2. The average molecular weight is 261 g/mol. The van der Waals surface area contributed by atoms with Crippen LogP contribution in [-0.4, -0.2) is 24.0 Å². The number of benzene rings is 1. The molecule has 5 heteroatoms. The Morgan fingerprint density at radius 1 is 1.21 bits per heavy atom. The Kier molecular flexibility index (Phi) is 4.06. The van der Waals surface area contributed by atoms with E-state index in [4.69, 9.17) is 15.2 Å². The Hall–Kier alpha value is -2.01. The summed E-state index contributed by atoms with van der Waals surface area (Å²) in [4.78, 5) is 0. The Labute approximate surface area is 112 Å². The van der Waals surface area contributed by atoms with Gasteiger partial charge in [0.25, 0.3) is 0 Å². The fraction of sp³-hybridized carbons (Fsp3) is 0.357. The normalized spacial score (nSPS) is 12.2. The van der Waals surface area contributed by atoms with Gasteiger partial charge >= 0.3 is 0 Å². The van der Waals surface area contributed by atoms with Crippen LogP contribution in [0.5, 0.6) is 11.5 Å². The van der Waals surface area contributed by atoms with Crippen molar-refractivity contribution in [3.63, 3.8) is 0 Å². The number of nitrogens with two attached hydrogens (primary N) is 1. The molecule has 0 spiro atoms. The van der Waals surface area contributed by atoms with Crippen molar-refractivity contribution in [1.29, 1.82) is 0 Å². The zero-order valence-corrected chi connectivity index (χ0v) is 11.5. The van der Waals surface area contributed by atoms with E-state index in [0.29, 0.717) is 5.75 Å². The molecule has 0 saturated carbocycles. The van der Waals surface area contributed by atoms with Gasteiger partial charge in [-0.1, -0.05) is 18.2 Å². The number of hydrogen-bond donors (Lipinski definition) is 1. The molecule has 2 rings (SSSR count). The molecule has 0 bridgehead atoms. The molecule has 19 heavy (non-hydrogen) atoms. The predicted molar refractivity (Wildman–Crippen MR) is 73.5 cm³/mol. The summed E-state index contributed by atoms with van der Waals surface area (Å²) in [6.45, 7) is 2.76. The van der Waals surface area contributed by atoms with Gasteiger partial charge in [-0.2, -0.15) is 5.10 Å². The summed E-state index contributed by atoms with van der Waals surface area (Å²) in [6, 6.07) is 7.37. The maximum Gasteiger partial charge on any atom is 0.161 e. The van der Waals surface area contributed by atoms with Crippen LogP contribution in [0.1, 0.15) is 24.2 Å². The van der Waals surface area contributed by atoms with Crippen molar-refractivity contribution in [2.75, 3.05) is 14.2 Å². The molecule has 1 aromatic heterocycles. The first-order valence-corrected chi connectivity index (χ1v) is 6.21. The van der Waals surface area contributed by atoms with Crippen LogP contribution in [0.2, 0.25) is 0 Å². The van der Waals surface area contributed by atoms with E-state index in [0.717, 1.165) is 23.6 Å². The van der Waals surface area contributed by atoms with Crippen molar-refractivity contribution in [1.82, 2.24) is 9.78 Å². The van der Waals surface area contributed by atoms with Crippen molar-refractivity contribution < 1.29 is 9.47 Å². The third kappa shape index (κ3) is 2.42. The van der Waals surface area contributed by atoms with E-state index in [9.17, 15) is 0 Å². The molecule has 0 radical (unpaired) electrons. The van der Waals surface area contributed by atoms with Gasteiger partial charge in [0.15, 0.2) is 5.75 Å². The van der Waals surface area contributed by atoms with Crippen LogP contribution in [0.3, 0.4) is 0 Å². The Morgan fingerprint density at radius 3 is 2.53 bits per heavy atom. The van der Waals surface area contributed by atoms with E-state index < -0.39 is 0 Å². The van der Waals surface area contributed by atoms with E-state index >= 15 is 0 Å². The molecule has 1 heterocycles. The van der Waals surface area contributed by atoms with Crippen LogP contribution >= 0.6 is 0 Å². The summed E-state index contributed by atoms with van der Waals surface area (Å²) in [6.07, 6.45) is 1.69. The third-order valence-corrected chi connectivity index (χ3v) is 3.13.